The number of hydrogen-bond acceptors (Lipinski definition) is 3. The fraction of sp³-hybridized carbons (Fsp3) is 0.611. The number of likely N-dealkylation sites (tertiary alicyclic amines) is 1. The molecule has 2 N–H and O–H groups in total. The molecule has 0 bridgehead atoms. The molecule has 1 aliphatic heterocycles. The molecule has 1 saturated heterocycles. The largest absolute Gasteiger partial charge is 0.357 e. The van der Waals surface area contributed by atoms with E-state index in [-0.39, 0.29) is 5.91 Å². The zero-order chi connectivity index (χ0) is 17.4. The van der Waals surface area contributed by atoms with Gasteiger partial charge in [0.2, 0.25) is 5.91 Å². The first-order chi connectivity index (χ1) is 11.6. The lowest BCUT2D eigenvalue weighted by atomic mass is 10.00. The smallest absolute Gasteiger partial charge is 0.227 e. The number of rotatable bonds is 5. The van der Waals surface area contributed by atoms with Crippen LogP contribution in [0.4, 0.5) is 5.82 Å². The van der Waals surface area contributed by atoms with Crippen LogP contribution in [-0.4, -0.2) is 47.9 Å². The monoisotopic (exact) mass is 331 g/mol. The van der Waals surface area contributed by atoms with Crippen molar-refractivity contribution in [3.8, 4) is 0 Å². The summed E-state index contributed by atoms with van der Waals surface area (Å²) in [6.45, 7) is 9.72. The van der Waals surface area contributed by atoms with E-state index in [1.165, 1.54) is 12.8 Å². The second kappa shape index (κ2) is 9.25. The minimum Gasteiger partial charge on any atom is -0.357 e. The van der Waals surface area contributed by atoms with Crippen molar-refractivity contribution in [1.82, 2.24) is 15.2 Å². The number of piperidine rings is 1. The predicted octanol–water partition coefficient (Wildman–Crippen LogP) is 2.42. The molecule has 6 nitrogen and oxygen atoms in total. The minimum atomic E-state index is -0.0572. The van der Waals surface area contributed by atoms with Crippen LogP contribution in [0, 0.1) is 12.8 Å². The van der Waals surface area contributed by atoms with Gasteiger partial charge in [-0.2, -0.15) is 0 Å². The first-order valence-corrected chi connectivity index (χ1v) is 8.84. The number of nitrogens with one attached hydrogen (secondary N) is 2. The van der Waals surface area contributed by atoms with E-state index in [0.717, 1.165) is 37.1 Å². The number of pyridine rings is 1. The summed E-state index contributed by atoms with van der Waals surface area (Å²) in [7, 11) is 0. The van der Waals surface area contributed by atoms with Crippen molar-refractivity contribution in [2.75, 3.05) is 31.5 Å². The average Bonchev–Trinajstić information content (AvgIpc) is 2.57. The molecule has 1 aromatic heterocycles. The second-order valence-corrected chi connectivity index (χ2v) is 6.42. The second-order valence-electron chi connectivity index (χ2n) is 6.42. The van der Waals surface area contributed by atoms with E-state index in [1.807, 2.05) is 19.1 Å². The van der Waals surface area contributed by atoms with Crippen LogP contribution in [0.1, 0.15) is 38.7 Å². The summed E-state index contributed by atoms with van der Waals surface area (Å²) in [5.74, 6) is 2.24. The molecule has 6 heteroatoms. The third-order valence-electron chi connectivity index (χ3n) is 4.20. The molecule has 1 fully saturated rings. The van der Waals surface area contributed by atoms with Gasteiger partial charge in [0, 0.05) is 32.3 Å². The van der Waals surface area contributed by atoms with E-state index >= 15 is 0 Å². The highest BCUT2D eigenvalue weighted by molar-refractivity contribution is 5.90. The Labute approximate surface area is 144 Å². The van der Waals surface area contributed by atoms with Crippen LogP contribution in [0.5, 0.6) is 0 Å². The fourth-order valence-corrected chi connectivity index (χ4v) is 2.66. The van der Waals surface area contributed by atoms with Crippen molar-refractivity contribution in [3.05, 3.63) is 23.9 Å². The van der Waals surface area contributed by atoms with Crippen LogP contribution < -0.4 is 10.6 Å². The molecule has 0 radical (unpaired) electrons. The minimum absolute atomic E-state index is 0.0572. The van der Waals surface area contributed by atoms with Gasteiger partial charge < -0.3 is 15.5 Å². The summed E-state index contributed by atoms with van der Waals surface area (Å²) in [5, 5.41) is 6.14. The van der Waals surface area contributed by atoms with E-state index < -0.39 is 0 Å². The molecule has 1 aromatic rings. The van der Waals surface area contributed by atoms with Crippen molar-refractivity contribution < 1.29 is 4.79 Å². The normalized spacial score (nSPS) is 16.1. The first-order valence-electron chi connectivity index (χ1n) is 8.84. The van der Waals surface area contributed by atoms with Crippen molar-refractivity contribution in [1.29, 1.82) is 0 Å². The van der Waals surface area contributed by atoms with Gasteiger partial charge in [-0.1, -0.05) is 13.0 Å². The Kier molecular flexibility index (Phi) is 7.03. The van der Waals surface area contributed by atoms with Gasteiger partial charge in [-0.25, -0.2) is 4.98 Å². The topological polar surface area (TPSA) is 69.6 Å². The third-order valence-corrected chi connectivity index (χ3v) is 4.20. The van der Waals surface area contributed by atoms with Gasteiger partial charge in [0.05, 0.1) is 6.54 Å². The number of guanidine groups is 1. The van der Waals surface area contributed by atoms with Gasteiger partial charge in [0.1, 0.15) is 5.82 Å². The number of amides is 1. The molecule has 0 spiro atoms. The number of nitrogens with zero attached hydrogens (tertiary/aromatic N) is 3. The van der Waals surface area contributed by atoms with Gasteiger partial charge in [-0.3, -0.25) is 9.79 Å². The summed E-state index contributed by atoms with van der Waals surface area (Å²) in [6, 6.07) is 3.75. The molecule has 1 amide bonds. The molecule has 2 rings (SSSR count). The highest BCUT2D eigenvalue weighted by Gasteiger charge is 2.18. The molecule has 24 heavy (non-hydrogen) atoms. The van der Waals surface area contributed by atoms with E-state index in [4.69, 9.17) is 0 Å². The molecular formula is C18H29N5O. The Balaban J connectivity index is 1.82. The summed E-state index contributed by atoms with van der Waals surface area (Å²) < 4.78 is 0. The number of anilines is 1. The van der Waals surface area contributed by atoms with Gasteiger partial charge in [0.25, 0.3) is 0 Å². The van der Waals surface area contributed by atoms with Crippen molar-refractivity contribution in [3.63, 3.8) is 0 Å². The SMILES string of the molecule is CCNC(=NCCC(=O)Nc1ccc(C)cn1)N1CCC(C)CC1. The van der Waals surface area contributed by atoms with Crippen LogP contribution in [-0.2, 0) is 4.79 Å². The van der Waals surface area contributed by atoms with E-state index in [2.05, 4.69) is 39.4 Å². The summed E-state index contributed by atoms with van der Waals surface area (Å²) >= 11 is 0. The number of aromatic nitrogens is 1. The molecular weight excluding hydrogens is 302 g/mol. The number of aryl methyl sites for hydroxylation is 1. The lowest BCUT2D eigenvalue weighted by Crippen LogP contribution is -2.45. The number of hydrogen-bond donors (Lipinski definition) is 2. The van der Waals surface area contributed by atoms with Gasteiger partial charge in [0.15, 0.2) is 5.96 Å². The van der Waals surface area contributed by atoms with Crippen LogP contribution >= 0.6 is 0 Å². The molecule has 132 valence electrons. The molecule has 2 heterocycles. The number of carbonyl (C=O) groups excluding carboxylic acids is 1. The standard InChI is InChI=1S/C18H29N5O/c1-4-19-18(23-11-8-14(2)9-12-23)20-10-7-17(24)22-16-6-5-15(3)13-21-16/h5-6,13-14H,4,7-12H2,1-3H3,(H,19,20)(H,21,22,24). The van der Waals surface area contributed by atoms with Gasteiger partial charge in [-0.05, 0) is 44.2 Å². The Morgan fingerprint density at radius 3 is 2.75 bits per heavy atom. The number of aliphatic imine (C=N–C) groups is 1. The van der Waals surface area contributed by atoms with Crippen LogP contribution in [0.25, 0.3) is 0 Å². The van der Waals surface area contributed by atoms with Crippen LogP contribution in [0.15, 0.2) is 23.3 Å². The highest BCUT2D eigenvalue weighted by atomic mass is 16.1. The maximum atomic E-state index is 12.0. The fourth-order valence-electron chi connectivity index (χ4n) is 2.66. The molecule has 0 unspecified atom stereocenters. The molecule has 0 aromatic carbocycles. The lowest BCUT2D eigenvalue weighted by Gasteiger charge is -2.33. The predicted molar refractivity (Wildman–Crippen MR) is 98.2 cm³/mol. The Bertz CT molecular complexity index is 547. The molecule has 1 aliphatic rings. The zero-order valence-corrected chi connectivity index (χ0v) is 15.0. The van der Waals surface area contributed by atoms with Gasteiger partial charge in [-0.15, -0.1) is 0 Å². The van der Waals surface area contributed by atoms with Crippen molar-refractivity contribution >= 4 is 17.7 Å². The number of carbonyl (C=O) groups is 1. The average molecular weight is 331 g/mol. The summed E-state index contributed by atoms with van der Waals surface area (Å²) in [6.07, 6.45) is 4.50. The molecule has 0 atom stereocenters. The van der Waals surface area contributed by atoms with E-state index in [1.54, 1.807) is 6.20 Å². The quantitative estimate of drug-likeness (QED) is 0.642. The van der Waals surface area contributed by atoms with Crippen molar-refractivity contribution in [2.24, 2.45) is 10.9 Å². The lowest BCUT2D eigenvalue weighted by molar-refractivity contribution is -0.116. The van der Waals surface area contributed by atoms with Crippen LogP contribution in [0.2, 0.25) is 0 Å². The zero-order valence-electron chi connectivity index (χ0n) is 15.0. The van der Waals surface area contributed by atoms with E-state index in [9.17, 15) is 4.79 Å². The summed E-state index contributed by atoms with van der Waals surface area (Å²) in [4.78, 5) is 23.1. The first kappa shape index (κ1) is 18.2. The molecule has 0 aliphatic carbocycles. The van der Waals surface area contributed by atoms with Gasteiger partial charge >= 0.3 is 0 Å². The van der Waals surface area contributed by atoms with E-state index in [0.29, 0.717) is 18.8 Å². The Morgan fingerprint density at radius 1 is 1.38 bits per heavy atom. The third kappa shape index (κ3) is 5.83. The Morgan fingerprint density at radius 2 is 2.12 bits per heavy atom. The highest BCUT2D eigenvalue weighted by Crippen LogP contribution is 2.15. The van der Waals surface area contributed by atoms with Crippen LogP contribution in [0.3, 0.4) is 0 Å². The van der Waals surface area contributed by atoms with Crippen molar-refractivity contribution in [2.45, 2.75) is 40.0 Å². The summed E-state index contributed by atoms with van der Waals surface area (Å²) in [5.41, 5.74) is 1.07. The Hall–Kier alpha value is -2.11. The maximum Gasteiger partial charge on any atom is 0.227 e. The maximum absolute atomic E-state index is 12.0. The molecule has 0 saturated carbocycles.